The molecule has 0 saturated heterocycles. The number of halogens is 2. The summed E-state index contributed by atoms with van der Waals surface area (Å²) in [5.74, 6) is -0.205. The second-order valence-electron chi connectivity index (χ2n) is 3.95. The van der Waals surface area contributed by atoms with Crippen molar-refractivity contribution in [3.05, 3.63) is 34.1 Å². The van der Waals surface area contributed by atoms with Gasteiger partial charge in [0.25, 0.3) is 0 Å². The van der Waals surface area contributed by atoms with Crippen molar-refractivity contribution in [2.45, 2.75) is 25.9 Å². The molecular weight excluding hydrogens is 285 g/mol. The van der Waals surface area contributed by atoms with Crippen molar-refractivity contribution in [2.24, 2.45) is 0 Å². The standard InChI is InChI=1S/C13H19BrFNO/c1-16-7-3-2-4-8-17-10-11-9-12(14)5-6-13(11)15/h5-6,9,16H,2-4,7-8,10H2,1H3. The maximum absolute atomic E-state index is 13.3. The quantitative estimate of drug-likeness (QED) is 0.742. The van der Waals surface area contributed by atoms with Gasteiger partial charge in [-0.25, -0.2) is 4.39 Å². The molecule has 0 fully saturated rings. The van der Waals surface area contributed by atoms with Crippen LogP contribution in [-0.4, -0.2) is 20.2 Å². The summed E-state index contributed by atoms with van der Waals surface area (Å²) in [5.41, 5.74) is 0.606. The van der Waals surface area contributed by atoms with E-state index in [1.54, 1.807) is 12.1 Å². The van der Waals surface area contributed by atoms with Crippen molar-refractivity contribution in [3.63, 3.8) is 0 Å². The van der Waals surface area contributed by atoms with Crippen LogP contribution in [0.3, 0.4) is 0 Å². The Bertz CT molecular complexity index is 333. The lowest BCUT2D eigenvalue weighted by atomic mass is 10.2. The Labute approximate surface area is 111 Å². The third-order valence-corrected chi connectivity index (χ3v) is 2.97. The molecule has 0 bridgehead atoms. The second kappa shape index (κ2) is 8.61. The van der Waals surface area contributed by atoms with Crippen molar-refractivity contribution >= 4 is 15.9 Å². The molecule has 1 aromatic carbocycles. The van der Waals surface area contributed by atoms with Crippen LogP contribution >= 0.6 is 15.9 Å². The smallest absolute Gasteiger partial charge is 0.128 e. The van der Waals surface area contributed by atoms with E-state index in [0.717, 1.165) is 30.3 Å². The lowest BCUT2D eigenvalue weighted by Gasteiger charge is -2.06. The molecule has 0 aliphatic heterocycles. The first-order chi connectivity index (χ1) is 8.24. The molecule has 0 atom stereocenters. The van der Waals surface area contributed by atoms with Crippen molar-refractivity contribution in [1.82, 2.24) is 5.32 Å². The van der Waals surface area contributed by atoms with E-state index in [9.17, 15) is 4.39 Å². The van der Waals surface area contributed by atoms with Gasteiger partial charge in [0.1, 0.15) is 5.82 Å². The van der Waals surface area contributed by atoms with Gasteiger partial charge in [0.05, 0.1) is 6.61 Å². The average molecular weight is 304 g/mol. The van der Waals surface area contributed by atoms with Gasteiger partial charge in [-0.05, 0) is 51.1 Å². The Morgan fingerprint density at radius 2 is 2.12 bits per heavy atom. The minimum absolute atomic E-state index is 0.205. The summed E-state index contributed by atoms with van der Waals surface area (Å²) in [6.45, 7) is 2.08. The highest BCUT2D eigenvalue weighted by molar-refractivity contribution is 9.10. The molecule has 2 nitrogen and oxygen atoms in total. The maximum atomic E-state index is 13.3. The van der Waals surface area contributed by atoms with Crippen LogP contribution in [0.5, 0.6) is 0 Å². The van der Waals surface area contributed by atoms with Crippen molar-refractivity contribution in [1.29, 1.82) is 0 Å². The molecule has 0 radical (unpaired) electrons. The fourth-order valence-corrected chi connectivity index (χ4v) is 1.93. The van der Waals surface area contributed by atoms with Crippen molar-refractivity contribution in [3.8, 4) is 0 Å². The van der Waals surface area contributed by atoms with Crippen LogP contribution in [0.4, 0.5) is 4.39 Å². The first-order valence-electron chi connectivity index (χ1n) is 5.90. The first kappa shape index (κ1) is 14.6. The maximum Gasteiger partial charge on any atom is 0.128 e. The molecule has 1 rings (SSSR count). The number of hydrogen-bond acceptors (Lipinski definition) is 2. The van der Waals surface area contributed by atoms with E-state index in [-0.39, 0.29) is 5.82 Å². The fourth-order valence-electron chi connectivity index (χ4n) is 1.52. The number of unbranched alkanes of at least 4 members (excludes halogenated alkanes) is 2. The van der Waals surface area contributed by atoms with E-state index < -0.39 is 0 Å². The van der Waals surface area contributed by atoms with Gasteiger partial charge in [-0.1, -0.05) is 15.9 Å². The summed E-state index contributed by atoms with van der Waals surface area (Å²) >= 11 is 3.32. The molecule has 0 spiro atoms. The van der Waals surface area contributed by atoms with Gasteiger partial charge in [0.15, 0.2) is 0 Å². The van der Waals surface area contributed by atoms with Gasteiger partial charge in [0, 0.05) is 16.6 Å². The Morgan fingerprint density at radius 3 is 2.88 bits per heavy atom. The number of benzene rings is 1. The SMILES string of the molecule is CNCCCCCOCc1cc(Br)ccc1F. The number of ether oxygens (including phenoxy) is 1. The van der Waals surface area contributed by atoms with E-state index in [4.69, 9.17) is 4.74 Å². The highest BCUT2D eigenvalue weighted by atomic mass is 79.9. The largest absolute Gasteiger partial charge is 0.377 e. The topological polar surface area (TPSA) is 21.3 Å². The van der Waals surface area contributed by atoms with Gasteiger partial charge in [-0.2, -0.15) is 0 Å². The summed E-state index contributed by atoms with van der Waals surface area (Å²) in [7, 11) is 1.95. The van der Waals surface area contributed by atoms with Crippen molar-refractivity contribution in [2.75, 3.05) is 20.2 Å². The lowest BCUT2D eigenvalue weighted by Crippen LogP contribution is -2.07. The molecule has 4 heteroatoms. The van der Waals surface area contributed by atoms with Gasteiger partial charge >= 0.3 is 0 Å². The summed E-state index contributed by atoms with van der Waals surface area (Å²) in [6.07, 6.45) is 3.32. The van der Waals surface area contributed by atoms with Crippen LogP contribution in [0, 0.1) is 5.82 Å². The Kier molecular flexibility index (Phi) is 7.40. The van der Waals surface area contributed by atoms with Gasteiger partial charge in [0.2, 0.25) is 0 Å². The third kappa shape index (κ3) is 6.15. The minimum Gasteiger partial charge on any atom is -0.377 e. The zero-order valence-corrected chi connectivity index (χ0v) is 11.7. The Morgan fingerprint density at radius 1 is 1.29 bits per heavy atom. The minimum atomic E-state index is -0.205. The van der Waals surface area contributed by atoms with Gasteiger partial charge in [-0.3, -0.25) is 0 Å². The second-order valence-corrected chi connectivity index (χ2v) is 4.87. The predicted octanol–water partition coefficient (Wildman–Crippen LogP) is 3.49. The predicted molar refractivity (Wildman–Crippen MR) is 71.5 cm³/mol. The Hall–Kier alpha value is -0.450. The molecule has 1 N–H and O–H groups in total. The first-order valence-corrected chi connectivity index (χ1v) is 6.69. The molecule has 0 unspecified atom stereocenters. The normalized spacial score (nSPS) is 10.8. The zero-order valence-electron chi connectivity index (χ0n) is 10.1. The molecule has 96 valence electrons. The van der Waals surface area contributed by atoms with E-state index >= 15 is 0 Å². The highest BCUT2D eigenvalue weighted by Gasteiger charge is 2.02. The molecule has 0 aliphatic carbocycles. The molecule has 1 aromatic rings. The molecule has 17 heavy (non-hydrogen) atoms. The fraction of sp³-hybridized carbons (Fsp3) is 0.538. The average Bonchev–Trinajstić information content (AvgIpc) is 2.32. The van der Waals surface area contributed by atoms with E-state index in [2.05, 4.69) is 21.2 Å². The van der Waals surface area contributed by atoms with Crippen LogP contribution in [0.15, 0.2) is 22.7 Å². The summed E-state index contributed by atoms with van der Waals surface area (Å²) in [5, 5.41) is 3.10. The van der Waals surface area contributed by atoms with E-state index in [1.807, 2.05) is 7.05 Å². The molecule has 0 heterocycles. The molecule has 0 amide bonds. The van der Waals surface area contributed by atoms with Crippen LogP contribution in [0.1, 0.15) is 24.8 Å². The lowest BCUT2D eigenvalue weighted by molar-refractivity contribution is 0.114. The Balaban J connectivity index is 2.15. The summed E-state index contributed by atoms with van der Waals surface area (Å²) in [6, 6.07) is 4.91. The monoisotopic (exact) mass is 303 g/mol. The third-order valence-electron chi connectivity index (χ3n) is 2.48. The van der Waals surface area contributed by atoms with E-state index in [1.165, 1.54) is 6.07 Å². The summed E-state index contributed by atoms with van der Waals surface area (Å²) < 4.78 is 19.7. The van der Waals surface area contributed by atoms with Crippen LogP contribution < -0.4 is 5.32 Å². The highest BCUT2D eigenvalue weighted by Crippen LogP contribution is 2.16. The zero-order chi connectivity index (χ0) is 12.5. The number of hydrogen-bond donors (Lipinski definition) is 1. The number of rotatable bonds is 8. The van der Waals surface area contributed by atoms with E-state index in [0.29, 0.717) is 18.8 Å². The molecular formula is C13H19BrFNO. The molecule has 0 aliphatic rings. The number of nitrogens with one attached hydrogen (secondary N) is 1. The van der Waals surface area contributed by atoms with Gasteiger partial charge in [-0.15, -0.1) is 0 Å². The van der Waals surface area contributed by atoms with Crippen LogP contribution in [0.2, 0.25) is 0 Å². The molecule has 0 aromatic heterocycles. The van der Waals surface area contributed by atoms with Crippen LogP contribution in [-0.2, 0) is 11.3 Å². The van der Waals surface area contributed by atoms with Crippen molar-refractivity contribution < 1.29 is 9.13 Å². The van der Waals surface area contributed by atoms with Crippen LogP contribution in [0.25, 0.3) is 0 Å². The summed E-state index contributed by atoms with van der Waals surface area (Å²) in [4.78, 5) is 0. The van der Waals surface area contributed by atoms with Gasteiger partial charge < -0.3 is 10.1 Å². The molecule has 0 saturated carbocycles.